The summed E-state index contributed by atoms with van der Waals surface area (Å²) in [5, 5.41) is 6.53. The van der Waals surface area contributed by atoms with E-state index in [0.29, 0.717) is 12.5 Å². The van der Waals surface area contributed by atoms with Crippen LogP contribution in [0.2, 0.25) is 0 Å². The van der Waals surface area contributed by atoms with Crippen molar-refractivity contribution in [3.8, 4) is 0 Å². The van der Waals surface area contributed by atoms with Crippen molar-refractivity contribution < 1.29 is 4.79 Å². The first kappa shape index (κ1) is 16.8. The molecule has 0 radical (unpaired) electrons. The van der Waals surface area contributed by atoms with E-state index in [1.54, 1.807) is 0 Å². The molecule has 1 saturated carbocycles. The minimum absolute atomic E-state index is 0. The van der Waals surface area contributed by atoms with Gasteiger partial charge in [0, 0.05) is 19.0 Å². The first-order valence-corrected chi connectivity index (χ1v) is 7.84. The predicted octanol–water partition coefficient (Wildman–Crippen LogP) is 3.03. The molecule has 0 spiro atoms. The number of amides is 1. The fourth-order valence-electron chi connectivity index (χ4n) is 3.23. The van der Waals surface area contributed by atoms with E-state index in [-0.39, 0.29) is 18.3 Å². The molecule has 0 aromatic rings. The van der Waals surface area contributed by atoms with Gasteiger partial charge in [0.15, 0.2) is 0 Å². The van der Waals surface area contributed by atoms with Crippen molar-refractivity contribution in [2.75, 3.05) is 13.1 Å². The number of hydrogen-bond acceptors (Lipinski definition) is 2. The van der Waals surface area contributed by atoms with Gasteiger partial charge in [-0.25, -0.2) is 0 Å². The summed E-state index contributed by atoms with van der Waals surface area (Å²) < 4.78 is 0. The number of nitrogens with one attached hydrogen (secondary N) is 2. The fourth-order valence-corrected chi connectivity index (χ4v) is 3.23. The Morgan fingerprint density at radius 2 is 1.68 bits per heavy atom. The first-order chi connectivity index (χ1) is 8.84. The van der Waals surface area contributed by atoms with Gasteiger partial charge in [-0.05, 0) is 38.1 Å². The van der Waals surface area contributed by atoms with Crippen LogP contribution >= 0.6 is 12.4 Å². The van der Waals surface area contributed by atoms with Crippen LogP contribution < -0.4 is 10.6 Å². The molecule has 4 heteroatoms. The Labute approximate surface area is 123 Å². The summed E-state index contributed by atoms with van der Waals surface area (Å²) >= 11 is 0. The minimum Gasteiger partial charge on any atom is -0.356 e. The molecule has 0 aromatic carbocycles. The summed E-state index contributed by atoms with van der Waals surface area (Å²) in [5.74, 6) is 0.974. The van der Waals surface area contributed by atoms with E-state index < -0.39 is 0 Å². The van der Waals surface area contributed by atoms with Gasteiger partial charge in [-0.15, -0.1) is 12.4 Å². The van der Waals surface area contributed by atoms with E-state index in [1.165, 1.54) is 51.4 Å². The summed E-state index contributed by atoms with van der Waals surface area (Å²) in [6.45, 7) is 1.99. The standard InChI is InChI=1S/C15H28N2O.ClH/c18-15(11-14-9-6-10-16-14)17-12-13-7-4-2-1-3-5-8-13;/h13-14,16H,1-12H2,(H,17,18);1H. The van der Waals surface area contributed by atoms with E-state index in [4.69, 9.17) is 0 Å². The molecule has 1 saturated heterocycles. The summed E-state index contributed by atoms with van der Waals surface area (Å²) in [4.78, 5) is 11.8. The molecule has 2 rings (SSSR count). The maximum atomic E-state index is 11.8. The molecule has 2 fully saturated rings. The molecule has 1 amide bonds. The Hall–Kier alpha value is -0.280. The number of carbonyl (C=O) groups excluding carboxylic acids is 1. The number of rotatable bonds is 4. The van der Waals surface area contributed by atoms with Crippen molar-refractivity contribution in [3.05, 3.63) is 0 Å². The molecular formula is C15H29ClN2O. The maximum Gasteiger partial charge on any atom is 0.221 e. The van der Waals surface area contributed by atoms with Crippen LogP contribution in [0.25, 0.3) is 0 Å². The Bertz CT molecular complexity index is 247. The zero-order chi connectivity index (χ0) is 12.6. The average molecular weight is 289 g/mol. The Balaban J connectivity index is 0.00000180. The fraction of sp³-hybridized carbons (Fsp3) is 0.933. The van der Waals surface area contributed by atoms with Gasteiger partial charge >= 0.3 is 0 Å². The van der Waals surface area contributed by atoms with E-state index >= 15 is 0 Å². The van der Waals surface area contributed by atoms with Gasteiger partial charge < -0.3 is 10.6 Å². The minimum atomic E-state index is 0. The van der Waals surface area contributed by atoms with Gasteiger partial charge in [-0.1, -0.05) is 32.1 Å². The molecule has 1 aliphatic heterocycles. The third-order valence-corrected chi connectivity index (χ3v) is 4.41. The SMILES string of the molecule is Cl.O=C(CC1CCCN1)NCC1CCCCCCC1. The van der Waals surface area contributed by atoms with Crippen LogP contribution in [-0.2, 0) is 4.79 Å². The predicted molar refractivity (Wildman–Crippen MR) is 81.7 cm³/mol. The average Bonchev–Trinajstić information content (AvgIpc) is 2.80. The van der Waals surface area contributed by atoms with Crippen LogP contribution in [0.3, 0.4) is 0 Å². The van der Waals surface area contributed by atoms with Crippen molar-refractivity contribution in [2.45, 2.75) is 70.3 Å². The topological polar surface area (TPSA) is 41.1 Å². The van der Waals surface area contributed by atoms with Gasteiger partial charge in [0.1, 0.15) is 0 Å². The molecule has 2 aliphatic rings. The van der Waals surface area contributed by atoms with Crippen LogP contribution in [0.5, 0.6) is 0 Å². The van der Waals surface area contributed by atoms with E-state index in [0.717, 1.165) is 25.4 Å². The lowest BCUT2D eigenvalue weighted by molar-refractivity contribution is -0.121. The lowest BCUT2D eigenvalue weighted by Gasteiger charge is -2.20. The van der Waals surface area contributed by atoms with Gasteiger partial charge in [0.25, 0.3) is 0 Å². The maximum absolute atomic E-state index is 11.8. The summed E-state index contributed by atoms with van der Waals surface area (Å²) in [6.07, 6.45) is 12.6. The highest BCUT2D eigenvalue weighted by Gasteiger charge is 2.18. The van der Waals surface area contributed by atoms with Gasteiger partial charge in [0.05, 0.1) is 0 Å². The molecule has 1 aliphatic carbocycles. The highest BCUT2D eigenvalue weighted by atomic mass is 35.5. The van der Waals surface area contributed by atoms with Crippen molar-refractivity contribution in [3.63, 3.8) is 0 Å². The largest absolute Gasteiger partial charge is 0.356 e. The smallest absolute Gasteiger partial charge is 0.221 e. The van der Waals surface area contributed by atoms with Crippen LogP contribution in [0.4, 0.5) is 0 Å². The Morgan fingerprint density at radius 3 is 2.32 bits per heavy atom. The molecule has 19 heavy (non-hydrogen) atoms. The van der Waals surface area contributed by atoms with Gasteiger partial charge in [-0.2, -0.15) is 0 Å². The first-order valence-electron chi connectivity index (χ1n) is 7.84. The highest BCUT2D eigenvalue weighted by molar-refractivity contribution is 5.85. The molecular weight excluding hydrogens is 260 g/mol. The van der Waals surface area contributed by atoms with Crippen molar-refractivity contribution >= 4 is 18.3 Å². The number of hydrogen-bond donors (Lipinski definition) is 2. The normalized spacial score (nSPS) is 25.2. The van der Waals surface area contributed by atoms with Crippen molar-refractivity contribution in [1.82, 2.24) is 10.6 Å². The molecule has 1 atom stereocenters. The summed E-state index contributed by atoms with van der Waals surface area (Å²) in [6, 6.07) is 0.433. The third-order valence-electron chi connectivity index (χ3n) is 4.41. The molecule has 1 heterocycles. The Morgan fingerprint density at radius 1 is 1.00 bits per heavy atom. The van der Waals surface area contributed by atoms with Crippen LogP contribution in [0.1, 0.15) is 64.2 Å². The molecule has 0 aromatic heterocycles. The molecule has 112 valence electrons. The second-order valence-electron chi connectivity index (χ2n) is 6.01. The zero-order valence-electron chi connectivity index (χ0n) is 12.0. The van der Waals surface area contributed by atoms with Crippen LogP contribution in [-0.4, -0.2) is 25.0 Å². The van der Waals surface area contributed by atoms with Crippen molar-refractivity contribution in [1.29, 1.82) is 0 Å². The van der Waals surface area contributed by atoms with Crippen molar-refractivity contribution in [2.24, 2.45) is 5.92 Å². The van der Waals surface area contributed by atoms with Gasteiger partial charge in [0.2, 0.25) is 5.91 Å². The number of carbonyl (C=O) groups is 1. The molecule has 0 bridgehead atoms. The van der Waals surface area contributed by atoms with E-state index in [1.807, 2.05) is 0 Å². The summed E-state index contributed by atoms with van der Waals surface area (Å²) in [5.41, 5.74) is 0. The second-order valence-corrected chi connectivity index (χ2v) is 6.01. The molecule has 2 N–H and O–H groups in total. The van der Waals surface area contributed by atoms with Crippen LogP contribution in [0.15, 0.2) is 0 Å². The molecule has 3 nitrogen and oxygen atoms in total. The second kappa shape index (κ2) is 9.60. The lowest BCUT2D eigenvalue weighted by atomic mass is 9.91. The third kappa shape index (κ3) is 6.62. The lowest BCUT2D eigenvalue weighted by Crippen LogP contribution is -2.34. The Kier molecular flexibility index (Phi) is 8.47. The quantitative estimate of drug-likeness (QED) is 0.835. The highest BCUT2D eigenvalue weighted by Crippen LogP contribution is 2.21. The van der Waals surface area contributed by atoms with Crippen LogP contribution in [0, 0.1) is 5.92 Å². The van der Waals surface area contributed by atoms with Gasteiger partial charge in [-0.3, -0.25) is 4.79 Å². The zero-order valence-corrected chi connectivity index (χ0v) is 12.8. The van der Waals surface area contributed by atoms with E-state index in [2.05, 4.69) is 10.6 Å². The van der Waals surface area contributed by atoms with E-state index in [9.17, 15) is 4.79 Å². The molecule has 1 unspecified atom stereocenters. The number of halogens is 1. The monoisotopic (exact) mass is 288 g/mol. The summed E-state index contributed by atoms with van der Waals surface area (Å²) in [7, 11) is 0.